The molecule has 0 saturated carbocycles. The van der Waals surface area contributed by atoms with Gasteiger partial charge in [-0.2, -0.15) is 5.10 Å². The van der Waals surface area contributed by atoms with Crippen LogP contribution in [0.15, 0.2) is 27.8 Å². The second kappa shape index (κ2) is 12.6. The van der Waals surface area contributed by atoms with E-state index in [1.54, 1.807) is 6.26 Å². The van der Waals surface area contributed by atoms with Crippen LogP contribution in [0, 0.1) is 0 Å². The number of amides is 1. The van der Waals surface area contributed by atoms with Crippen molar-refractivity contribution in [3.63, 3.8) is 0 Å². The van der Waals surface area contributed by atoms with Crippen LogP contribution in [0.5, 0.6) is 0 Å². The third kappa shape index (κ3) is 7.80. The lowest BCUT2D eigenvalue weighted by Crippen LogP contribution is -2.54. The molecule has 2 aromatic heterocycles. The van der Waals surface area contributed by atoms with Crippen molar-refractivity contribution in [3.05, 3.63) is 24.2 Å². The highest BCUT2D eigenvalue weighted by Gasteiger charge is 2.21. The molecule has 0 atom stereocenters. The molecule has 172 valence electrons. The first-order valence-electron chi connectivity index (χ1n) is 10.5. The van der Waals surface area contributed by atoms with Crippen LogP contribution in [0.25, 0.3) is 11.6 Å². The molecule has 31 heavy (non-hydrogen) atoms. The maximum Gasteiger partial charge on any atom is 0.234 e. The Morgan fingerprint density at radius 2 is 2.10 bits per heavy atom. The van der Waals surface area contributed by atoms with Gasteiger partial charge in [0.15, 0.2) is 11.7 Å². The van der Waals surface area contributed by atoms with Crippen LogP contribution in [0.1, 0.15) is 26.6 Å². The molecule has 0 spiro atoms. The van der Waals surface area contributed by atoms with Crippen molar-refractivity contribution in [1.29, 1.82) is 0 Å². The van der Waals surface area contributed by atoms with E-state index in [4.69, 9.17) is 9.41 Å². The van der Waals surface area contributed by atoms with Gasteiger partial charge in [0.2, 0.25) is 11.7 Å². The normalized spacial score (nSPS) is 15.1. The van der Waals surface area contributed by atoms with Crippen molar-refractivity contribution in [2.45, 2.75) is 33.2 Å². The molecule has 1 saturated heterocycles. The molecule has 0 bridgehead atoms. The van der Waals surface area contributed by atoms with Gasteiger partial charge in [-0.1, -0.05) is 0 Å². The number of halogens is 1. The van der Waals surface area contributed by atoms with Crippen molar-refractivity contribution in [1.82, 2.24) is 35.6 Å². The fourth-order valence-electron chi connectivity index (χ4n) is 3.31. The molecular weight excluding hydrogens is 511 g/mol. The molecule has 1 aliphatic heterocycles. The zero-order chi connectivity index (χ0) is 21.3. The quantitative estimate of drug-likeness (QED) is 0.261. The van der Waals surface area contributed by atoms with E-state index < -0.39 is 0 Å². The Labute approximate surface area is 200 Å². The summed E-state index contributed by atoms with van der Waals surface area (Å²) in [6.07, 6.45) is 2.27. The van der Waals surface area contributed by atoms with Crippen molar-refractivity contribution in [2.75, 3.05) is 45.8 Å². The number of piperazine rings is 1. The third-order valence-electron chi connectivity index (χ3n) is 4.71. The summed E-state index contributed by atoms with van der Waals surface area (Å²) in [7, 11) is 0. The maximum absolute atomic E-state index is 12.0. The summed E-state index contributed by atoms with van der Waals surface area (Å²) >= 11 is 0. The Hall–Kier alpha value is -2.15. The molecule has 1 fully saturated rings. The number of hydrogen-bond acceptors (Lipinski definition) is 6. The molecular formula is C20H33IN8O2. The Kier molecular flexibility index (Phi) is 10.2. The number of rotatable bonds is 8. The fraction of sp³-hybridized carbons (Fsp3) is 0.600. The van der Waals surface area contributed by atoms with Crippen LogP contribution in [-0.2, 0) is 11.2 Å². The molecule has 11 heteroatoms. The molecule has 2 aromatic rings. The van der Waals surface area contributed by atoms with Gasteiger partial charge in [-0.15, -0.1) is 24.0 Å². The number of aromatic nitrogens is 3. The first-order chi connectivity index (χ1) is 14.5. The molecule has 3 rings (SSSR count). The van der Waals surface area contributed by atoms with E-state index in [9.17, 15) is 4.79 Å². The molecule has 0 radical (unpaired) electrons. The Balaban J connectivity index is 0.00000341. The summed E-state index contributed by atoms with van der Waals surface area (Å²) in [4.78, 5) is 25.6. The number of furan rings is 1. The third-order valence-corrected chi connectivity index (χ3v) is 4.71. The molecule has 0 aliphatic carbocycles. The first-order valence-corrected chi connectivity index (χ1v) is 10.5. The summed E-state index contributed by atoms with van der Waals surface area (Å²) in [5.74, 6) is 2.97. The predicted octanol–water partition coefficient (Wildman–Crippen LogP) is 1.33. The van der Waals surface area contributed by atoms with Gasteiger partial charge in [0.1, 0.15) is 5.82 Å². The van der Waals surface area contributed by atoms with Crippen LogP contribution < -0.4 is 10.6 Å². The number of aromatic amines is 1. The molecule has 1 aliphatic rings. The Bertz CT molecular complexity index is 813. The molecule has 0 aromatic carbocycles. The van der Waals surface area contributed by atoms with Crippen molar-refractivity contribution >= 4 is 35.8 Å². The SMILES string of the molecule is CCNC(=NCCc1nc(-c2ccco2)n[nH]1)N1CCN(CC(=O)NC(C)C)CC1.I. The summed E-state index contributed by atoms with van der Waals surface area (Å²) < 4.78 is 5.32. The van der Waals surface area contributed by atoms with Crippen LogP contribution in [0.4, 0.5) is 0 Å². The number of guanidine groups is 1. The Morgan fingerprint density at radius 1 is 1.32 bits per heavy atom. The van der Waals surface area contributed by atoms with E-state index in [2.05, 4.69) is 42.5 Å². The number of hydrogen-bond donors (Lipinski definition) is 3. The number of nitrogens with zero attached hydrogens (tertiary/aromatic N) is 5. The molecule has 3 heterocycles. The summed E-state index contributed by atoms with van der Waals surface area (Å²) in [6, 6.07) is 3.82. The van der Waals surface area contributed by atoms with Gasteiger partial charge in [-0.3, -0.25) is 19.8 Å². The van der Waals surface area contributed by atoms with Gasteiger partial charge >= 0.3 is 0 Å². The zero-order valence-corrected chi connectivity index (χ0v) is 20.8. The van der Waals surface area contributed by atoms with E-state index in [1.807, 2.05) is 26.0 Å². The topological polar surface area (TPSA) is 115 Å². The minimum absolute atomic E-state index is 0. The lowest BCUT2D eigenvalue weighted by Gasteiger charge is -2.36. The average molecular weight is 544 g/mol. The lowest BCUT2D eigenvalue weighted by molar-refractivity contribution is -0.123. The summed E-state index contributed by atoms with van der Waals surface area (Å²) in [5.41, 5.74) is 0. The highest BCUT2D eigenvalue weighted by Crippen LogP contribution is 2.14. The van der Waals surface area contributed by atoms with Crippen LogP contribution in [-0.4, -0.2) is 88.7 Å². The number of H-pyrrole nitrogens is 1. The molecule has 10 nitrogen and oxygen atoms in total. The molecule has 3 N–H and O–H groups in total. The van der Waals surface area contributed by atoms with E-state index in [0.29, 0.717) is 31.1 Å². The monoisotopic (exact) mass is 544 g/mol. The highest BCUT2D eigenvalue weighted by atomic mass is 127. The van der Waals surface area contributed by atoms with Crippen LogP contribution >= 0.6 is 24.0 Å². The van der Waals surface area contributed by atoms with E-state index >= 15 is 0 Å². The molecule has 0 unspecified atom stereocenters. The second-order valence-electron chi connectivity index (χ2n) is 7.55. The first kappa shape index (κ1) is 25.1. The van der Waals surface area contributed by atoms with Crippen LogP contribution in [0.3, 0.4) is 0 Å². The molecule has 1 amide bonds. The van der Waals surface area contributed by atoms with Crippen molar-refractivity contribution < 1.29 is 9.21 Å². The number of carbonyl (C=O) groups excluding carboxylic acids is 1. The fourth-order valence-corrected chi connectivity index (χ4v) is 3.31. The van der Waals surface area contributed by atoms with Gasteiger partial charge < -0.3 is 20.0 Å². The minimum atomic E-state index is 0. The zero-order valence-electron chi connectivity index (χ0n) is 18.4. The standard InChI is InChI=1S/C20H32N8O2.HI/c1-4-21-20(28-11-9-27(10-12-28)14-18(29)23-15(2)3)22-8-7-17-24-19(26-25-17)16-6-5-13-30-16;/h5-6,13,15H,4,7-12,14H2,1-3H3,(H,21,22)(H,23,29)(H,24,25,26);1H. The van der Waals surface area contributed by atoms with Crippen LogP contribution in [0.2, 0.25) is 0 Å². The van der Waals surface area contributed by atoms with Gasteiger partial charge in [0.25, 0.3) is 0 Å². The van der Waals surface area contributed by atoms with Crippen molar-refractivity contribution in [2.24, 2.45) is 4.99 Å². The Morgan fingerprint density at radius 3 is 2.74 bits per heavy atom. The van der Waals surface area contributed by atoms with Gasteiger partial charge in [0, 0.05) is 51.7 Å². The second-order valence-corrected chi connectivity index (χ2v) is 7.55. The van der Waals surface area contributed by atoms with Gasteiger partial charge in [0.05, 0.1) is 12.8 Å². The maximum atomic E-state index is 12.0. The largest absolute Gasteiger partial charge is 0.461 e. The summed E-state index contributed by atoms with van der Waals surface area (Å²) in [5, 5.41) is 13.5. The number of nitrogens with one attached hydrogen (secondary N) is 3. The summed E-state index contributed by atoms with van der Waals surface area (Å²) in [6.45, 7) is 11.2. The lowest BCUT2D eigenvalue weighted by atomic mass is 10.3. The van der Waals surface area contributed by atoms with Gasteiger partial charge in [-0.25, -0.2) is 4.98 Å². The smallest absolute Gasteiger partial charge is 0.234 e. The number of carbonyl (C=O) groups is 1. The van der Waals surface area contributed by atoms with E-state index in [0.717, 1.165) is 44.5 Å². The number of aliphatic imine (C=N–C) groups is 1. The highest BCUT2D eigenvalue weighted by molar-refractivity contribution is 14.0. The average Bonchev–Trinajstić information content (AvgIpc) is 3.39. The van der Waals surface area contributed by atoms with Gasteiger partial charge in [-0.05, 0) is 32.9 Å². The van der Waals surface area contributed by atoms with Crippen molar-refractivity contribution in [3.8, 4) is 11.6 Å². The predicted molar refractivity (Wildman–Crippen MR) is 130 cm³/mol. The van der Waals surface area contributed by atoms with E-state index in [1.165, 1.54) is 0 Å². The van der Waals surface area contributed by atoms with E-state index in [-0.39, 0.29) is 35.9 Å². The minimum Gasteiger partial charge on any atom is -0.461 e.